The normalized spacial score (nSPS) is 11.8. The van der Waals surface area contributed by atoms with Crippen LogP contribution in [0.3, 0.4) is 0 Å². The number of esters is 1. The molecule has 5 N–H and O–H groups in total. The summed E-state index contributed by atoms with van der Waals surface area (Å²) in [6, 6.07) is 4.05. The average molecular weight is 367 g/mol. The van der Waals surface area contributed by atoms with Gasteiger partial charge in [0, 0.05) is 18.5 Å². The zero-order valence-corrected chi connectivity index (χ0v) is 13.8. The van der Waals surface area contributed by atoms with Crippen LogP contribution in [0.2, 0.25) is 5.02 Å². The minimum atomic E-state index is -0.982. The van der Waals surface area contributed by atoms with Crippen LogP contribution < -0.4 is 11.3 Å². The van der Waals surface area contributed by atoms with Crippen LogP contribution in [0.15, 0.2) is 29.2 Å². The Balaban J connectivity index is 2.70. The largest absolute Gasteiger partial charge is 0.506 e. The van der Waals surface area contributed by atoms with Gasteiger partial charge in [-0.25, -0.2) is 4.79 Å². The second-order valence-electron chi connectivity index (χ2n) is 5.22. The van der Waals surface area contributed by atoms with E-state index in [2.05, 4.69) is 9.72 Å². The maximum absolute atomic E-state index is 12.2. The number of aromatic amines is 1. The Labute approximate surface area is 146 Å². The van der Waals surface area contributed by atoms with E-state index in [1.54, 1.807) is 0 Å². The fourth-order valence-electron chi connectivity index (χ4n) is 2.45. The molecule has 132 valence electrons. The highest BCUT2D eigenvalue weighted by Crippen LogP contribution is 2.36. The summed E-state index contributed by atoms with van der Waals surface area (Å²) >= 11 is 5.88. The van der Waals surface area contributed by atoms with Gasteiger partial charge in [-0.1, -0.05) is 17.7 Å². The van der Waals surface area contributed by atoms with E-state index in [1.165, 1.54) is 18.2 Å². The number of primary amides is 1. The molecule has 0 spiro atoms. The van der Waals surface area contributed by atoms with E-state index in [0.29, 0.717) is 5.56 Å². The number of hydrogen-bond acceptors (Lipinski definition) is 6. The Morgan fingerprint density at radius 2 is 2.04 bits per heavy atom. The number of ether oxygens (including phenoxy) is 1. The number of aromatic hydroxyl groups is 2. The molecule has 2 aromatic rings. The number of methoxy groups -OCH3 is 1. The van der Waals surface area contributed by atoms with Crippen molar-refractivity contribution in [3.63, 3.8) is 0 Å². The summed E-state index contributed by atoms with van der Waals surface area (Å²) in [6.07, 6.45) is 0.681. The Morgan fingerprint density at radius 3 is 2.60 bits per heavy atom. The average Bonchev–Trinajstić information content (AvgIpc) is 2.55. The SMILES string of the molecule is COC(=O)c1c[nH]c(=O)c([C@@H](CC(N)=O)c2ccc(O)c(Cl)c2)c1O. The van der Waals surface area contributed by atoms with Gasteiger partial charge in [-0.3, -0.25) is 9.59 Å². The lowest BCUT2D eigenvalue weighted by atomic mass is 9.87. The maximum atomic E-state index is 12.2. The Morgan fingerprint density at radius 1 is 1.36 bits per heavy atom. The maximum Gasteiger partial charge on any atom is 0.343 e. The van der Waals surface area contributed by atoms with Crippen LogP contribution in [-0.4, -0.2) is 34.2 Å². The molecule has 0 fully saturated rings. The van der Waals surface area contributed by atoms with Gasteiger partial charge in [0.25, 0.3) is 5.56 Å². The number of rotatable bonds is 5. The summed E-state index contributed by atoms with van der Waals surface area (Å²) in [6.45, 7) is 0. The number of nitrogens with one attached hydrogen (secondary N) is 1. The van der Waals surface area contributed by atoms with Gasteiger partial charge in [-0.15, -0.1) is 0 Å². The minimum absolute atomic E-state index is 0.00740. The smallest absolute Gasteiger partial charge is 0.343 e. The molecule has 1 atom stereocenters. The van der Waals surface area contributed by atoms with Crippen LogP contribution in [-0.2, 0) is 9.53 Å². The monoisotopic (exact) mass is 366 g/mol. The lowest BCUT2D eigenvalue weighted by Crippen LogP contribution is -2.23. The van der Waals surface area contributed by atoms with Crippen LogP contribution in [0.4, 0.5) is 0 Å². The molecule has 1 aromatic carbocycles. The van der Waals surface area contributed by atoms with Gasteiger partial charge >= 0.3 is 5.97 Å². The molecular formula is C16H15ClN2O6. The zero-order chi connectivity index (χ0) is 18.7. The lowest BCUT2D eigenvalue weighted by Gasteiger charge is -2.18. The third-order valence-electron chi connectivity index (χ3n) is 3.64. The molecular weight excluding hydrogens is 352 g/mol. The molecule has 0 aliphatic rings. The fraction of sp³-hybridized carbons (Fsp3) is 0.188. The van der Waals surface area contributed by atoms with E-state index in [9.17, 15) is 24.6 Å². The topological polar surface area (TPSA) is 143 Å². The molecule has 0 saturated carbocycles. The lowest BCUT2D eigenvalue weighted by molar-refractivity contribution is -0.118. The number of aromatic nitrogens is 1. The van der Waals surface area contributed by atoms with Crippen molar-refractivity contribution in [2.45, 2.75) is 12.3 Å². The molecule has 25 heavy (non-hydrogen) atoms. The van der Waals surface area contributed by atoms with Crippen molar-refractivity contribution in [3.05, 3.63) is 56.5 Å². The molecule has 8 nitrogen and oxygen atoms in total. The number of nitrogens with two attached hydrogens (primary N) is 1. The van der Waals surface area contributed by atoms with Crippen molar-refractivity contribution >= 4 is 23.5 Å². The molecule has 0 bridgehead atoms. The first-order valence-electron chi connectivity index (χ1n) is 7.05. The van der Waals surface area contributed by atoms with Gasteiger partial charge in [0.05, 0.1) is 17.7 Å². The van der Waals surface area contributed by atoms with Gasteiger partial charge in [0.15, 0.2) is 0 Å². The highest BCUT2D eigenvalue weighted by Gasteiger charge is 2.27. The van der Waals surface area contributed by atoms with E-state index >= 15 is 0 Å². The first-order chi connectivity index (χ1) is 11.8. The predicted octanol–water partition coefficient (Wildman–Crippen LogP) is 1.23. The number of halogens is 1. The number of benzene rings is 1. The highest BCUT2D eigenvalue weighted by atomic mass is 35.5. The Bertz CT molecular complexity index is 893. The summed E-state index contributed by atoms with van der Waals surface area (Å²) < 4.78 is 4.55. The summed E-state index contributed by atoms with van der Waals surface area (Å²) in [4.78, 5) is 37.8. The third kappa shape index (κ3) is 3.74. The van der Waals surface area contributed by atoms with Crippen molar-refractivity contribution in [3.8, 4) is 11.5 Å². The summed E-state index contributed by atoms with van der Waals surface area (Å²) in [5.41, 5.74) is 4.40. The standard InChI is InChI=1S/C16H15ClN2O6/c1-25-16(24)9-6-19-15(23)13(14(9)22)8(5-12(18)21)7-2-3-11(20)10(17)4-7/h2-4,6,8,20H,5H2,1H3,(H2,18,21)(H2,19,22,23)/t8-/m0/s1. The number of carbonyl (C=O) groups excluding carboxylic acids is 2. The van der Waals surface area contributed by atoms with E-state index in [-0.39, 0.29) is 28.3 Å². The van der Waals surface area contributed by atoms with E-state index in [0.717, 1.165) is 13.3 Å². The summed E-state index contributed by atoms with van der Waals surface area (Å²) in [5.74, 6) is -3.40. The first-order valence-corrected chi connectivity index (χ1v) is 7.43. The molecule has 0 radical (unpaired) electrons. The quantitative estimate of drug-likeness (QED) is 0.586. The fourth-order valence-corrected chi connectivity index (χ4v) is 2.64. The molecule has 0 unspecified atom stereocenters. The number of pyridine rings is 1. The number of carbonyl (C=O) groups is 2. The molecule has 1 heterocycles. The third-order valence-corrected chi connectivity index (χ3v) is 3.94. The van der Waals surface area contributed by atoms with Crippen LogP contribution in [0.25, 0.3) is 0 Å². The van der Waals surface area contributed by atoms with Gasteiger partial charge in [0.2, 0.25) is 5.91 Å². The van der Waals surface area contributed by atoms with Crippen LogP contribution in [0, 0.1) is 0 Å². The minimum Gasteiger partial charge on any atom is -0.506 e. The number of hydrogen-bond donors (Lipinski definition) is 4. The van der Waals surface area contributed by atoms with Gasteiger partial charge in [-0.2, -0.15) is 0 Å². The van der Waals surface area contributed by atoms with Crippen molar-refractivity contribution in [2.24, 2.45) is 5.73 Å². The number of amides is 1. The van der Waals surface area contributed by atoms with E-state index in [4.69, 9.17) is 17.3 Å². The highest BCUT2D eigenvalue weighted by molar-refractivity contribution is 6.32. The predicted molar refractivity (Wildman–Crippen MR) is 88.8 cm³/mol. The molecule has 9 heteroatoms. The van der Waals surface area contributed by atoms with Crippen LogP contribution >= 0.6 is 11.6 Å². The van der Waals surface area contributed by atoms with Crippen molar-refractivity contribution in [1.29, 1.82) is 0 Å². The summed E-state index contributed by atoms with van der Waals surface area (Å²) in [7, 11) is 1.12. The zero-order valence-electron chi connectivity index (χ0n) is 13.1. The van der Waals surface area contributed by atoms with Crippen LogP contribution in [0.5, 0.6) is 11.5 Å². The van der Waals surface area contributed by atoms with Crippen LogP contribution in [0.1, 0.15) is 33.8 Å². The van der Waals surface area contributed by atoms with Crippen molar-refractivity contribution in [1.82, 2.24) is 4.98 Å². The van der Waals surface area contributed by atoms with Gasteiger partial charge in [0.1, 0.15) is 17.1 Å². The number of H-pyrrole nitrogens is 1. The van der Waals surface area contributed by atoms with E-state index in [1.807, 2.05) is 0 Å². The number of phenolic OH excluding ortho intramolecular Hbond substituents is 1. The summed E-state index contributed by atoms with van der Waals surface area (Å²) in [5, 5.41) is 19.9. The molecule has 1 aromatic heterocycles. The van der Waals surface area contributed by atoms with Crippen molar-refractivity contribution < 1.29 is 24.5 Å². The Hall–Kier alpha value is -3.00. The molecule has 0 aliphatic carbocycles. The second-order valence-corrected chi connectivity index (χ2v) is 5.63. The Kier molecular flexibility index (Phi) is 5.33. The molecule has 0 aliphatic heterocycles. The van der Waals surface area contributed by atoms with Gasteiger partial charge < -0.3 is 25.7 Å². The first kappa shape index (κ1) is 18.3. The molecule has 1 amide bonds. The van der Waals surface area contributed by atoms with E-state index < -0.39 is 29.1 Å². The second kappa shape index (κ2) is 7.27. The molecule has 2 rings (SSSR count). The number of phenols is 1. The van der Waals surface area contributed by atoms with Gasteiger partial charge in [-0.05, 0) is 17.7 Å². The molecule has 0 saturated heterocycles. The van der Waals surface area contributed by atoms with Crippen molar-refractivity contribution in [2.75, 3.05) is 7.11 Å².